The lowest BCUT2D eigenvalue weighted by Crippen LogP contribution is -2.31. The Morgan fingerprint density at radius 3 is 2.24 bits per heavy atom. The maximum Gasteiger partial charge on any atom is 0.272 e. The van der Waals surface area contributed by atoms with Gasteiger partial charge in [-0.05, 0) is 107 Å². The van der Waals surface area contributed by atoms with Crippen LogP contribution in [0.25, 0.3) is 6.08 Å². The number of hydrogen-bond acceptors (Lipinski definition) is 5. The number of carbonyl (C=O) groups excluding carboxylic acids is 4. The van der Waals surface area contributed by atoms with Crippen molar-refractivity contribution in [3.63, 3.8) is 0 Å². The summed E-state index contributed by atoms with van der Waals surface area (Å²) < 4.78 is 1.02. The summed E-state index contributed by atoms with van der Waals surface area (Å²) in [5.74, 6) is -1.35. The maximum absolute atomic E-state index is 13.3. The molecule has 0 aromatic heterocycles. The van der Waals surface area contributed by atoms with E-state index in [2.05, 4.69) is 33.2 Å². The number of anilines is 2. The molecule has 1 saturated heterocycles. The van der Waals surface area contributed by atoms with Crippen LogP contribution in [-0.4, -0.2) is 28.9 Å². The van der Waals surface area contributed by atoms with Gasteiger partial charge in [-0.1, -0.05) is 42.5 Å². The van der Waals surface area contributed by atoms with Crippen molar-refractivity contribution in [2.24, 2.45) is 0 Å². The van der Waals surface area contributed by atoms with Gasteiger partial charge in [0, 0.05) is 26.1 Å². The predicted molar refractivity (Wildman–Crippen MR) is 174 cm³/mol. The molecule has 42 heavy (non-hydrogen) atoms. The molecule has 0 saturated carbocycles. The fourth-order valence-corrected chi connectivity index (χ4v) is 5.80. The van der Waals surface area contributed by atoms with Gasteiger partial charge in [-0.15, -0.1) is 11.8 Å². The first-order valence-electron chi connectivity index (χ1n) is 13.1. The molecule has 0 radical (unpaired) electrons. The van der Waals surface area contributed by atoms with E-state index in [1.165, 1.54) is 16.7 Å². The van der Waals surface area contributed by atoms with Gasteiger partial charge in [-0.2, -0.15) is 0 Å². The maximum atomic E-state index is 13.3. The molecule has 7 nitrogen and oxygen atoms in total. The summed E-state index contributed by atoms with van der Waals surface area (Å²) in [7, 11) is 0. The van der Waals surface area contributed by atoms with E-state index in [1.54, 1.807) is 66.7 Å². The van der Waals surface area contributed by atoms with Gasteiger partial charge in [0.2, 0.25) is 11.8 Å². The largest absolute Gasteiger partial charge is 0.321 e. The van der Waals surface area contributed by atoms with Crippen molar-refractivity contribution >= 4 is 75.4 Å². The molecule has 1 fully saturated rings. The third kappa shape index (κ3) is 6.97. The minimum Gasteiger partial charge on any atom is -0.321 e. The normalized spacial score (nSPS) is 15.0. The van der Waals surface area contributed by atoms with E-state index in [1.807, 2.05) is 49.4 Å². The first-order valence-corrected chi connectivity index (χ1v) is 15.1. The Bertz CT molecular complexity index is 1670. The number of nitrogens with one attached hydrogen (secondary N) is 2. The molecular weight excluding hydrogens is 661 g/mol. The molecule has 0 bridgehead atoms. The van der Waals surface area contributed by atoms with E-state index >= 15 is 0 Å². The van der Waals surface area contributed by atoms with Crippen molar-refractivity contribution in [3.05, 3.63) is 129 Å². The molecule has 1 aliphatic heterocycles. The average Bonchev–Trinajstić information content (AvgIpc) is 3.27. The van der Waals surface area contributed by atoms with Crippen LogP contribution in [0.4, 0.5) is 11.4 Å². The standard InChI is InChI=1S/C33H26IN3O4S/c1-21-7-5-6-10-23(21)19-28(36-31(39)22-8-3-2-4-9-22)32(40)35-25-13-17-27(18-14-25)42-29-20-30(38)37(33(29)41)26-15-11-24(34)12-16-26/h2-19,29H,20H2,1H3,(H,35,40)(H,36,39)/b28-19-. The Hall–Kier alpha value is -4.22. The van der Waals surface area contributed by atoms with Crippen LogP contribution in [0.3, 0.4) is 0 Å². The highest BCUT2D eigenvalue weighted by Crippen LogP contribution is 2.34. The van der Waals surface area contributed by atoms with E-state index in [4.69, 9.17) is 0 Å². The fourth-order valence-electron chi connectivity index (χ4n) is 4.38. The van der Waals surface area contributed by atoms with Crippen LogP contribution in [0.2, 0.25) is 0 Å². The number of amides is 4. The summed E-state index contributed by atoms with van der Waals surface area (Å²) in [5.41, 5.74) is 3.38. The quantitative estimate of drug-likeness (QED) is 0.127. The highest BCUT2D eigenvalue weighted by molar-refractivity contribution is 14.1. The molecule has 0 aliphatic carbocycles. The van der Waals surface area contributed by atoms with Crippen molar-refractivity contribution in [2.45, 2.75) is 23.5 Å². The van der Waals surface area contributed by atoms with Crippen molar-refractivity contribution in [1.82, 2.24) is 5.32 Å². The van der Waals surface area contributed by atoms with Crippen LogP contribution >= 0.6 is 34.4 Å². The van der Waals surface area contributed by atoms with Crippen molar-refractivity contribution in [1.29, 1.82) is 0 Å². The van der Waals surface area contributed by atoms with Gasteiger partial charge in [-0.25, -0.2) is 4.90 Å². The summed E-state index contributed by atoms with van der Waals surface area (Å²) in [4.78, 5) is 53.9. The minimum atomic E-state index is -0.533. The van der Waals surface area contributed by atoms with E-state index < -0.39 is 17.1 Å². The molecule has 4 aromatic rings. The molecule has 5 rings (SSSR count). The minimum absolute atomic E-state index is 0.0994. The molecular formula is C33H26IN3O4S. The molecule has 0 spiro atoms. The highest BCUT2D eigenvalue weighted by atomic mass is 127. The number of benzene rings is 4. The third-order valence-corrected chi connectivity index (χ3v) is 8.51. The summed E-state index contributed by atoms with van der Waals surface area (Å²) in [5, 5.41) is 5.06. The summed E-state index contributed by atoms with van der Waals surface area (Å²) >= 11 is 3.49. The number of hydrogen-bond donors (Lipinski definition) is 2. The van der Waals surface area contributed by atoms with E-state index in [0.717, 1.165) is 19.6 Å². The van der Waals surface area contributed by atoms with E-state index in [9.17, 15) is 19.2 Å². The molecule has 1 unspecified atom stereocenters. The number of carbonyl (C=O) groups is 4. The van der Waals surface area contributed by atoms with Gasteiger partial charge >= 0.3 is 0 Å². The van der Waals surface area contributed by atoms with E-state index in [0.29, 0.717) is 16.9 Å². The SMILES string of the molecule is Cc1ccccc1/C=C(\NC(=O)c1ccccc1)C(=O)Nc1ccc(SC2CC(=O)N(c3ccc(I)cc3)C2=O)cc1. The Kier molecular flexibility index (Phi) is 9.19. The first-order chi connectivity index (χ1) is 20.3. The molecule has 210 valence electrons. The molecule has 1 atom stereocenters. The molecule has 4 amide bonds. The van der Waals surface area contributed by atoms with Crippen LogP contribution in [0.15, 0.2) is 114 Å². The Morgan fingerprint density at radius 2 is 1.55 bits per heavy atom. The number of nitrogens with zero attached hydrogens (tertiary/aromatic N) is 1. The van der Waals surface area contributed by atoms with Gasteiger partial charge in [0.05, 0.1) is 10.9 Å². The van der Waals surface area contributed by atoms with Crippen LogP contribution in [-0.2, 0) is 14.4 Å². The lowest BCUT2D eigenvalue weighted by atomic mass is 10.1. The molecule has 1 heterocycles. The van der Waals surface area contributed by atoms with Crippen LogP contribution in [0.1, 0.15) is 27.9 Å². The van der Waals surface area contributed by atoms with Gasteiger partial charge in [0.1, 0.15) is 5.70 Å². The Morgan fingerprint density at radius 1 is 0.881 bits per heavy atom. The fraction of sp³-hybridized carbons (Fsp3) is 0.0909. The van der Waals surface area contributed by atoms with Gasteiger partial charge in [-0.3, -0.25) is 19.2 Å². The van der Waals surface area contributed by atoms with Crippen molar-refractivity contribution < 1.29 is 19.2 Å². The van der Waals surface area contributed by atoms with Crippen LogP contribution in [0, 0.1) is 10.5 Å². The van der Waals surface area contributed by atoms with Crippen molar-refractivity contribution in [2.75, 3.05) is 10.2 Å². The van der Waals surface area contributed by atoms with Gasteiger partial charge in [0.15, 0.2) is 0 Å². The second-order valence-corrected chi connectivity index (χ2v) is 12.1. The molecule has 1 aliphatic rings. The molecule has 2 N–H and O–H groups in total. The number of thioether (sulfide) groups is 1. The number of halogens is 1. The van der Waals surface area contributed by atoms with Gasteiger partial charge < -0.3 is 10.6 Å². The monoisotopic (exact) mass is 687 g/mol. The van der Waals surface area contributed by atoms with Gasteiger partial charge in [0.25, 0.3) is 11.8 Å². The second kappa shape index (κ2) is 13.2. The summed E-state index contributed by atoms with van der Waals surface area (Å²) in [6.45, 7) is 1.93. The van der Waals surface area contributed by atoms with E-state index in [-0.39, 0.29) is 23.9 Å². The summed E-state index contributed by atoms with van der Waals surface area (Å²) in [6.07, 6.45) is 1.76. The highest BCUT2D eigenvalue weighted by Gasteiger charge is 2.40. The average molecular weight is 688 g/mol. The zero-order valence-electron chi connectivity index (χ0n) is 22.5. The topological polar surface area (TPSA) is 95.6 Å². The first kappa shape index (κ1) is 29.3. The van der Waals surface area contributed by atoms with Crippen molar-refractivity contribution in [3.8, 4) is 0 Å². The zero-order valence-corrected chi connectivity index (χ0v) is 25.5. The zero-order chi connectivity index (χ0) is 29.6. The second-order valence-electron chi connectivity index (χ2n) is 9.57. The Balaban J connectivity index is 1.28. The molecule has 4 aromatic carbocycles. The third-order valence-electron chi connectivity index (χ3n) is 6.60. The smallest absolute Gasteiger partial charge is 0.272 e. The number of aryl methyl sites for hydroxylation is 1. The summed E-state index contributed by atoms with van der Waals surface area (Å²) in [6, 6.07) is 30.6. The van der Waals surface area contributed by atoms with Crippen LogP contribution in [0.5, 0.6) is 0 Å². The predicted octanol–water partition coefficient (Wildman–Crippen LogP) is 6.43. The van der Waals surface area contributed by atoms with Crippen LogP contribution < -0.4 is 15.5 Å². The number of imide groups is 1. The Labute approximate surface area is 261 Å². The lowest BCUT2D eigenvalue weighted by Gasteiger charge is -2.15. The lowest BCUT2D eigenvalue weighted by molar-refractivity contribution is -0.121. The number of rotatable bonds is 8. The molecule has 9 heteroatoms.